The molecule has 0 saturated carbocycles. The zero-order chi connectivity index (χ0) is 29.4. The molecule has 41 heavy (non-hydrogen) atoms. The molecule has 4 rings (SSSR count). The molecule has 0 aliphatic rings. The summed E-state index contributed by atoms with van der Waals surface area (Å²) in [4.78, 5) is 39.6. The van der Waals surface area contributed by atoms with Crippen LogP contribution in [0.3, 0.4) is 0 Å². The molecular formula is C31H24Cl2FN3O3S. The number of hydrogen-bond acceptors (Lipinski definition) is 4. The summed E-state index contributed by atoms with van der Waals surface area (Å²) in [6, 6.07) is 26.2. The van der Waals surface area contributed by atoms with E-state index in [2.05, 4.69) is 16.0 Å². The molecule has 0 saturated heterocycles. The summed E-state index contributed by atoms with van der Waals surface area (Å²) in [5.74, 6) is -2.00. The number of thioether (sulfide) groups is 1. The van der Waals surface area contributed by atoms with Gasteiger partial charge in [-0.2, -0.15) is 0 Å². The molecule has 0 bridgehead atoms. The molecule has 0 spiro atoms. The van der Waals surface area contributed by atoms with Gasteiger partial charge in [-0.3, -0.25) is 14.4 Å². The Morgan fingerprint density at radius 3 is 2.20 bits per heavy atom. The Morgan fingerprint density at radius 1 is 0.829 bits per heavy atom. The summed E-state index contributed by atoms with van der Waals surface area (Å²) < 4.78 is 13.9. The summed E-state index contributed by atoms with van der Waals surface area (Å²) in [6.07, 6.45) is 1.41. The summed E-state index contributed by atoms with van der Waals surface area (Å²) in [7, 11) is 0. The number of nitrogens with one attached hydrogen (secondary N) is 3. The first kappa shape index (κ1) is 29.9. The van der Waals surface area contributed by atoms with E-state index in [9.17, 15) is 18.8 Å². The highest BCUT2D eigenvalue weighted by Crippen LogP contribution is 2.29. The molecule has 0 aliphatic carbocycles. The smallest absolute Gasteiger partial charge is 0.272 e. The van der Waals surface area contributed by atoms with Crippen LogP contribution in [-0.2, 0) is 9.59 Å². The van der Waals surface area contributed by atoms with Crippen molar-refractivity contribution in [2.75, 3.05) is 10.6 Å². The van der Waals surface area contributed by atoms with E-state index in [1.54, 1.807) is 91.9 Å². The van der Waals surface area contributed by atoms with E-state index in [0.29, 0.717) is 31.8 Å². The Labute approximate surface area is 250 Å². The molecule has 1 unspecified atom stereocenters. The van der Waals surface area contributed by atoms with Gasteiger partial charge in [0.2, 0.25) is 5.91 Å². The fraction of sp³-hybridized carbons (Fsp3) is 0.0645. The highest BCUT2D eigenvalue weighted by molar-refractivity contribution is 8.00. The van der Waals surface area contributed by atoms with Crippen LogP contribution in [0.15, 0.2) is 108 Å². The van der Waals surface area contributed by atoms with Crippen molar-refractivity contribution in [2.24, 2.45) is 0 Å². The lowest BCUT2D eigenvalue weighted by atomic mass is 10.1. The predicted octanol–water partition coefficient (Wildman–Crippen LogP) is 7.66. The van der Waals surface area contributed by atoms with Gasteiger partial charge < -0.3 is 16.0 Å². The van der Waals surface area contributed by atoms with Crippen LogP contribution in [0.25, 0.3) is 6.08 Å². The topological polar surface area (TPSA) is 87.3 Å². The van der Waals surface area contributed by atoms with E-state index in [-0.39, 0.29) is 17.3 Å². The number of anilines is 2. The first-order chi connectivity index (χ1) is 19.7. The molecule has 3 amide bonds. The molecule has 6 nitrogen and oxygen atoms in total. The van der Waals surface area contributed by atoms with Crippen molar-refractivity contribution in [3.63, 3.8) is 0 Å². The highest BCUT2D eigenvalue weighted by Gasteiger charge is 2.19. The van der Waals surface area contributed by atoms with Gasteiger partial charge in [0.05, 0.1) is 10.9 Å². The average molecular weight is 609 g/mol. The molecule has 208 valence electrons. The van der Waals surface area contributed by atoms with Crippen LogP contribution in [0, 0.1) is 5.82 Å². The minimum Gasteiger partial charge on any atom is -0.323 e. The molecule has 3 N–H and O–H groups in total. The second kappa shape index (κ2) is 14.0. The van der Waals surface area contributed by atoms with Crippen molar-refractivity contribution in [3.05, 3.63) is 130 Å². The van der Waals surface area contributed by atoms with Gasteiger partial charge in [-0.15, -0.1) is 11.8 Å². The maximum absolute atomic E-state index is 13.9. The minimum atomic E-state index is -0.613. The number of carbonyl (C=O) groups excluding carboxylic acids is 3. The molecule has 10 heteroatoms. The van der Waals surface area contributed by atoms with E-state index < -0.39 is 22.9 Å². The third kappa shape index (κ3) is 8.20. The SMILES string of the molecule is CC(Sc1cccc(NC(=O)/C(=C\c2c(Cl)cccc2Cl)NC(=O)c2ccccc2)c1)C(=O)Nc1ccccc1F. The number of halogens is 3. The third-order valence-corrected chi connectivity index (χ3v) is 7.48. The van der Waals surface area contributed by atoms with Crippen molar-refractivity contribution in [3.8, 4) is 0 Å². The Balaban J connectivity index is 1.52. The van der Waals surface area contributed by atoms with Crippen LogP contribution < -0.4 is 16.0 Å². The van der Waals surface area contributed by atoms with Crippen molar-refractivity contribution in [1.29, 1.82) is 0 Å². The predicted molar refractivity (Wildman–Crippen MR) is 164 cm³/mol. The zero-order valence-corrected chi connectivity index (χ0v) is 24.0. The van der Waals surface area contributed by atoms with Gasteiger partial charge in [-0.05, 0) is 67.6 Å². The molecule has 0 heterocycles. The molecule has 0 radical (unpaired) electrons. The number of rotatable bonds is 9. The maximum atomic E-state index is 13.9. The maximum Gasteiger partial charge on any atom is 0.272 e. The number of hydrogen-bond donors (Lipinski definition) is 3. The van der Waals surface area contributed by atoms with Crippen LogP contribution >= 0.6 is 35.0 Å². The lowest BCUT2D eigenvalue weighted by molar-refractivity contribution is -0.115. The van der Waals surface area contributed by atoms with Gasteiger partial charge in [0.15, 0.2) is 0 Å². The van der Waals surface area contributed by atoms with E-state index in [4.69, 9.17) is 23.2 Å². The summed E-state index contributed by atoms with van der Waals surface area (Å²) in [5.41, 5.74) is 1.17. The zero-order valence-electron chi connectivity index (χ0n) is 21.7. The van der Waals surface area contributed by atoms with E-state index >= 15 is 0 Å². The molecule has 4 aromatic rings. The lowest BCUT2D eigenvalue weighted by Crippen LogP contribution is -2.30. The fourth-order valence-electron chi connectivity index (χ4n) is 3.64. The second-order valence-electron chi connectivity index (χ2n) is 8.72. The minimum absolute atomic E-state index is 0.0791. The molecule has 0 aromatic heterocycles. The summed E-state index contributed by atoms with van der Waals surface area (Å²) in [6.45, 7) is 1.69. The molecular weight excluding hydrogens is 584 g/mol. The number of para-hydroxylation sites is 1. The average Bonchev–Trinajstić information content (AvgIpc) is 2.96. The van der Waals surface area contributed by atoms with E-state index in [1.807, 2.05) is 0 Å². The molecule has 4 aromatic carbocycles. The van der Waals surface area contributed by atoms with Gasteiger partial charge in [0.1, 0.15) is 11.5 Å². The molecule has 0 aliphatic heterocycles. The Morgan fingerprint density at radius 2 is 1.49 bits per heavy atom. The second-order valence-corrected chi connectivity index (χ2v) is 11.0. The van der Waals surface area contributed by atoms with Crippen LogP contribution in [0.5, 0.6) is 0 Å². The number of carbonyl (C=O) groups is 3. The summed E-state index contributed by atoms with van der Waals surface area (Å²) in [5, 5.41) is 8.05. The van der Waals surface area contributed by atoms with Crippen LogP contribution in [0.4, 0.5) is 15.8 Å². The van der Waals surface area contributed by atoms with Crippen molar-refractivity contribution in [2.45, 2.75) is 17.1 Å². The van der Waals surface area contributed by atoms with Gasteiger partial charge >= 0.3 is 0 Å². The molecule has 0 fully saturated rings. The van der Waals surface area contributed by atoms with Gasteiger partial charge in [0.25, 0.3) is 11.8 Å². The Bertz CT molecular complexity index is 1600. The normalized spacial score (nSPS) is 11.9. The largest absolute Gasteiger partial charge is 0.323 e. The van der Waals surface area contributed by atoms with Crippen molar-refractivity contribution >= 4 is 70.1 Å². The Hall–Kier alpha value is -4.11. The number of amides is 3. The van der Waals surface area contributed by atoms with Crippen molar-refractivity contribution in [1.82, 2.24) is 5.32 Å². The quantitative estimate of drug-likeness (QED) is 0.135. The van der Waals surface area contributed by atoms with Crippen LogP contribution in [0.1, 0.15) is 22.8 Å². The first-order valence-electron chi connectivity index (χ1n) is 12.4. The molecule has 1 atom stereocenters. The highest BCUT2D eigenvalue weighted by atomic mass is 35.5. The van der Waals surface area contributed by atoms with Crippen LogP contribution in [-0.4, -0.2) is 23.0 Å². The van der Waals surface area contributed by atoms with E-state index in [0.717, 1.165) is 0 Å². The Kier molecular flexibility index (Phi) is 10.2. The lowest BCUT2D eigenvalue weighted by Gasteiger charge is -2.14. The van der Waals surface area contributed by atoms with E-state index in [1.165, 1.54) is 30.0 Å². The number of benzene rings is 4. The standard InChI is InChI=1S/C31H24Cl2FN3O3S/c1-19(29(38)36-27-16-6-5-15-26(27)34)41-22-12-7-11-21(17-22)35-31(40)28(18-23-24(32)13-8-14-25(23)33)37-30(39)20-9-3-2-4-10-20/h2-19H,1H3,(H,35,40)(H,36,38)(H,37,39)/b28-18+. The van der Waals surface area contributed by atoms with Crippen molar-refractivity contribution < 1.29 is 18.8 Å². The van der Waals surface area contributed by atoms with Gasteiger partial charge in [-0.1, -0.05) is 65.7 Å². The first-order valence-corrected chi connectivity index (χ1v) is 14.0. The van der Waals surface area contributed by atoms with Gasteiger partial charge in [0, 0.05) is 31.8 Å². The van der Waals surface area contributed by atoms with Gasteiger partial charge in [-0.25, -0.2) is 4.39 Å². The van der Waals surface area contributed by atoms with Crippen LogP contribution in [0.2, 0.25) is 10.0 Å². The third-order valence-electron chi connectivity index (χ3n) is 5.72. The summed E-state index contributed by atoms with van der Waals surface area (Å²) >= 11 is 13.9. The monoisotopic (exact) mass is 607 g/mol. The fourth-order valence-corrected chi connectivity index (χ4v) is 5.07.